The van der Waals surface area contributed by atoms with Crippen LogP contribution in [0.1, 0.15) is 53.9 Å². The minimum Gasteiger partial charge on any atom is -0.349 e. The fraction of sp³-hybridized carbons (Fsp3) is 1.00. The van der Waals surface area contributed by atoms with Gasteiger partial charge in [-0.05, 0) is 18.3 Å². The lowest BCUT2D eigenvalue weighted by atomic mass is 9.71. The van der Waals surface area contributed by atoms with Crippen LogP contribution in [0, 0.1) is 10.8 Å². The molecule has 1 heterocycles. The van der Waals surface area contributed by atoms with Crippen molar-refractivity contribution in [2.45, 2.75) is 59.7 Å². The van der Waals surface area contributed by atoms with Crippen LogP contribution in [0.15, 0.2) is 0 Å². The lowest BCUT2D eigenvalue weighted by molar-refractivity contribution is -0.321. The molecular formula is C14H27BrO2. The Kier molecular flexibility index (Phi) is 5.07. The molecule has 0 aromatic rings. The van der Waals surface area contributed by atoms with Crippen molar-refractivity contribution in [2.75, 3.05) is 18.5 Å². The molecule has 0 spiro atoms. The molecule has 0 aromatic heterocycles. The van der Waals surface area contributed by atoms with Crippen LogP contribution >= 0.6 is 15.9 Å². The van der Waals surface area contributed by atoms with Crippen LogP contribution in [-0.4, -0.2) is 24.3 Å². The van der Waals surface area contributed by atoms with E-state index in [0.717, 1.165) is 37.8 Å². The fourth-order valence-corrected chi connectivity index (χ4v) is 2.57. The Hall–Kier alpha value is 0.400. The second-order valence-corrected chi connectivity index (χ2v) is 7.63. The zero-order valence-electron chi connectivity index (χ0n) is 11.9. The van der Waals surface area contributed by atoms with Gasteiger partial charge in [0.25, 0.3) is 0 Å². The van der Waals surface area contributed by atoms with E-state index < -0.39 is 5.79 Å². The van der Waals surface area contributed by atoms with Crippen LogP contribution in [-0.2, 0) is 9.47 Å². The summed E-state index contributed by atoms with van der Waals surface area (Å²) >= 11 is 3.44. The highest BCUT2D eigenvalue weighted by Gasteiger charge is 2.50. The zero-order valence-corrected chi connectivity index (χ0v) is 13.5. The molecular weight excluding hydrogens is 280 g/mol. The lowest BCUT2D eigenvalue weighted by Gasteiger charge is -2.51. The molecule has 0 aliphatic carbocycles. The van der Waals surface area contributed by atoms with E-state index >= 15 is 0 Å². The molecule has 102 valence electrons. The lowest BCUT2D eigenvalue weighted by Crippen LogP contribution is -2.54. The Bertz CT molecular complexity index is 245. The molecule has 2 nitrogen and oxygen atoms in total. The molecule has 0 amide bonds. The van der Waals surface area contributed by atoms with E-state index in [9.17, 15) is 0 Å². The summed E-state index contributed by atoms with van der Waals surface area (Å²) in [5.74, 6) is -0.420. The monoisotopic (exact) mass is 306 g/mol. The summed E-state index contributed by atoms with van der Waals surface area (Å²) in [6, 6.07) is 0. The molecule has 1 fully saturated rings. The van der Waals surface area contributed by atoms with Crippen LogP contribution in [0.25, 0.3) is 0 Å². The van der Waals surface area contributed by atoms with Crippen LogP contribution < -0.4 is 0 Å². The number of hydrogen-bond donors (Lipinski definition) is 0. The van der Waals surface area contributed by atoms with Crippen LogP contribution in [0.2, 0.25) is 0 Å². The maximum Gasteiger partial charge on any atom is 0.173 e. The van der Waals surface area contributed by atoms with Gasteiger partial charge in [0.15, 0.2) is 5.79 Å². The third kappa shape index (κ3) is 3.93. The minimum absolute atomic E-state index is 0.0109. The molecule has 1 rings (SSSR count). The van der Waals surface area contributed by atoms with Gasteiger partial charge in [0.05, 0.1) is 13.2 Å². The maximum atomic E-state index is 6.16. The first-order chi connectivity index (χ1) is 7.72. The summed E-state index contributed by atoms with van der Waals surface area (Å²) in [5.41, 5.74) is 0.316. The normalized spacial score (nSPS) is 29.3. The summed E-state index contributed by atoms with van der Waals surface area (Å²) in [4.78, 5) is 0. The molecule has 0 bridgehead atoms. The van der Waals surface area contributed by atoms with Crippen molar-refractivity contribution in [3.8, 4) is 0 Å². The summed E-state index contributed by atoms with van der Waals surface area (Å²) in [6.45, 7) is 12.8. The smallest absolute Gasteiger partial charge is 0.173 e. The summed E-state index contributed by atoms with van der Waals surface area (Å²) < 4.78 is 12.2. The first-order valence-corrected chi connectivity index (χ1v) is 7.68. The summed E-state index contributed by atoms with van der Waals surface area (Å²) in [7, 11) is 0. The highest BCUT2D eigenvalue weighted by molar-refractivity contribution is 9.09. The van der Waals surface area contributed by atoms with E-state index in [4.69, 9.17) is 9.47 Å². The van der Waals surface area contributed by atoms with Crippen molar-refractivity contribution in [3.63, 3.8) is 0 Å². The van der Waals surface area contributed by atoms with E-state index in [1.54, 1.807) is 0 Å². The third-order valence-electron chi connectivity index (χ3n) is 3.58. The van der Waals surface area contributed by atoms with Gasteiger partial charge in [-0.1, -0.05) is 50.5 Å². The van der Waals surface area contributed by atoms with Crippen molar-refractivity contribution in [2.24, 2.45) is 10.8 Å². The Balaban J connectivity index is 2.79. The largest absolute Gasteiger partial charge is 0.349 e. The maximum absolute atomic E-state index is 6.16. The van der Waals surface area contributed by atoms with Gasteiger partial charge in [0, 0.05) is 17.2 Å². The quantitative estimate of drug-likeness (QED) is 0.567. The second kappa shape index (κ2) is 5.58. The average molecular weight is 307 g/mol. The number of rotatable bonds is 4. The molecule has 0 N–H and O–H groups in total. The number of ether oxygens (including phenoxy) is 2. The van der Waals surface area contributed by atoms with Gasteiger partial charge in [0.2, 0.25) is 0 Å². The van der Waals surface area contributed by atoms with Crippen molar-refractivity contribution < 1.29 is 9.47 Å². The summed E-state index contributed by atoms with van der Waals surface area (Å²) in [6.07, 6.45) is 3.13. The topological polar surface area (TPSA) is 18.5 Å². The Morgan fingerprint density at radius 1 is 1.29 bits per heavy atom. The van der Waals surface area contributed by atoms with Gasteiger partial charge in [-0.2, -0.15) is 0 Å². The van der Waals surface area contributed by atoms with E-state index in [2.05, 4.69) is 50.5 Å². The Labute approximate surface area is 115 Å². The fourth-order valence-electron chi connectivity index (χ4n) is 2.34. The Morgan fingerprint density at radius 3 is 2.41 bits per heavy atom. The second-order valence-electron chi connectivity index (χ2n) is 6.83. The summed E-state index contributed by atoms with van der Waals surface area (Å²) in [5, 5.41) is 0.983. The highest BCUT2D eigenvalue weighted by Crippen LogP contribution is 2.48. The predicted molar refractivity (Wildman–Crippen MR) is 75.5 cm³/mol. The van der Waals surface area contributed by atoms with Crippen LogP contribution in [0.4, 0.5) is 0 Å². The predicted octanol–water partition coefficient (Wildman–Crippen LogP) is 4.37. The minimum atomic E-state index is -0.420. The number of hydrogen-bond acceptors (Lipinski definition) is 2. The number of halogens is 1. The SMILES string of the molecule is CC1(C)CCOC(OCCCBr)(C(C)(C)C)C1. The van der Waals surface area contributed by atoms with Gasteiger partial charge < -0.3 is 9.47 Å². The molecule has 1 aliphatic heterocycles. The molecule has 1 atom stereocenters. The van der Waals surface area contributed by atoms with Gasteiger partial charge in [-0.25, -0.2) is 0 Å². The average Bonchev–Trinajstić information content (AvgIpc) is 2.15. The first kappa shape index (κ1) is 15.5. The third-order valence-corrected chi connectivity index (χ3v) is 4.14. The van der Waals surface area contributed by atoms with E-state index in [1.807, 2.05) is 0 Å². The van der Waals surface area contributed by atoms with Crippen molar-refractivity contribution >= 4 is 15.9 Å². The molecule has 3 heteroatoms. The molecule has 17 heavy (non-hydrogen) atoms. The molecule has 0 saturated carbocycles. The van der Waals surface area contributed by atoms with E-state index in [1.165, 1.54) is 0 Å². The van der Waals surface area contributed by atoms with E-state index in [-0.39, 0.29) is 5.41 Å². The van der Waals surface area contributed by atoms with Gasteiger partial charge in [-0.15, -0.1) is 0 Å². The Morgan fingerprint density at radius 2 is 1.94 bits per heavy atom. The van der Waals surface area contributed by atoms with Gasteiger partial charge in [-0.3, -0.25) is 0 Å². The molecule has 1 aliphatic rings. The van der Waals surface area contributed by atoms with Crippen LogP contribution in [0.3, 0.4) is 0 Å². The first-order valence-electron chi connectivity index (χ1n) is 6.56. The molecule has 0 aromatic carbocycles. The standard InChI is InChI=1S/C14H27BrO2/c1-12(2,3)14(16-9-6-8-15)11-13(4,5)7-10-17-14/h6-11H2,1-5H3. The molecule has 0 radical (unpaired) electrons. The van der Waals surface area contributed by atoms with Crippen molar-refractivity contribution in [3.05, 3.63) is 0 Å². The molecule has 1 saturated heterocycles. The van der Waals surface area contributed by atoms with Gasteiger partial charge >= 0.3 is 0 Å². The van der Waals surface area contributed by atoms with Crippen molar-refractivity contribution in [1.29, 1.82) is 0 Å². The zero-order chi connectivity index (χ0) is 13.2. The van der Waals surface area contributed by atoms with E-state index in [0.29, 0.717) is 5.41 Å². The van der Waals surface area contributed by atoms with Crippen LogP contribution in [0.5, 0.6) is 0 Å². The highest BCUT2D eigenvalue weighted by atomic mass is 79.9. The van der Waals surface area contributed by atoms with Gasteiger partial charge in [0.1, 0.15) is 0 Å². The molecule has 1 unspecified atom stereocenters. The number of alkyl halides is 1. The van der Waals surface area contributed by atoms with Crippen molar-refractivity contribution in [1.82, 2.24) is 0 Å².